The van der Waals surface area contributed by atoms with Gasteiger partial charge in [-0.15, -0.1) is 11.8 Å². The van der Waals surface area contributed by atoms with E-state index >= 15 is 0 Å². The monoisotopic (exact) mass is 207 g/mol. The summed E-state index contributed by atoms with van der Waals surface area (Å²) < 4.78 is 0. The Morgan fingerprint density at radius 3 is 2.50 bits per heavy atom. The van der Waals surface area contributed by atoms with E-state index in [1.54, 1.807) is 0 Å². The molecule has 14 heavy (non-hydrogen) atoms. The van der Waals surface area contributed by atoms with Crippen LogP contribution in [0.5, 0.6) is 0 Å². The Bertz CT molecular complexity index is 277. The molecule has 0 aliphatic heterocycles. The molecule has 2 N–H and O–H groups in total. The summed E-state index contributed by atoms with van der Waals surface area (Å²) in [6.45, 7) is 0.790. The van der Waals surface area contributed by atoms with Crippen molar-refractivity contribution in [3.8, 4) is 0 Å². The summed E-state index contributed by atoms with van der Waals surface area (Å²) >= 11 is 2.02. The first-order chi connectivity index (χ1) is 6.88. The number of nitrogens with two attached hydrogens (primary N) is 1. The van der Waals surface area contributed by atoms with Gasteiger partial charge in [-0.3, -0.25) is 0 Å². The predicted molar refractivity (Wildman–Crippen MR) is 62.7 cm³/mol. The molecule has 1 aromatic rings. The highest BCUT2D eigenvalue weighted by Crippen LogP contribution is 2.38. The van der Waals surface area contributed by atoms with Crippen LogP contribution in [0.4, 0.5) is 0 Å². The molecule has 0 saturated heterocycles. The van der Waals surface area contributed by atoms with Gasteiger partial charge in [-0.25, -0.2) is 0 Å². The van der Waals surface area contributed by atoms with Gasteiger partial charge in [-0.05, 0) is 49.9 Å². The molecule has 1 aliphatic carbocycles. The molecule has 0 radical (unpaired) electrons. The first kappa shape index (κ1) is 10.1. The molecule has 0 heterocycles. The minimum Gasteiger partial charge on any atom is -0.330 e. The molecule has 0 aromatic heterocycles. The molecule has 0 spiro atoms. The lowest BCUT2D eigenvalue weighted by Crippen LogP contribution is -2.00. The highest BCUT2D eigenvalue weighted by Gasteiger charge is 2.22. The third kappa shape index (κ3) is 3.03. The van der Waals surface area contributed by atoms with Crippen LogP contribution in [0.15, 0.2) is 29.2 Å². The fourth-order valence-corrected chi connectivity index (χ4v) is 2.47. The van der Waals surface area contributed by atoms with Gasteiger partial charge in [0.1, 0.15) is 0 Å². The normalized spacial score (nSPS) is 15.8. The van der Waals surface area contributed by atoms with Crippen molar-refractivity contribution in [3.05, 3.63) is 29.8 Å². The van der Waals surface area contributed by atoms with E-state index in [0.717, 1.165) is 24.6 Å². The molecule has 0 bridgehead atoms. The number of hydrogen-bond donors (Lipinski definition) is 1. The molecular weight excluding hydrogens is 190 g/mol. The Morgan fingerprint density at radius 1 is 1.21 bits per heavy atom. The fraction of sp³-hybridized carbons (Fsp3) is 0.500. The van der Waals surface area contributed by atoms with Crippen LogP contribution in [-0.4, -0.2) is 11.8 Å². The van der Waals surface area contributed by atoms with Crippen molar-refractivity contribution in [1.82, 2.24) is 0 Å². The van der Waals surface area contributed by atoms with Crippen LogP contribution in [0.3, 0.4) is 0 Å². The summed E-state index contributed by atoms with van der Waals surface area (Å²) in [5.41, 5.74) is 6.89. The van der Waals surface area contributed by atoms with Crippen molar-refractivity contribution in [2.24, 2.45) is 5.73 Å². The molecule has 1 nitrogen and oxygen atoms in total. The van der Waals surface area contributed by atoms with Gasteiger partial charge in [0.15, 0.2) is 0 Å². The van der Waals surface area contributed by atoms with E-state index in [2.05, 4.69) is 24.3 Å². The van der Waals surface area contributed by atoms with Crippen molar-refractivity contribution in [2.45, 2.75) is 35.8 Å². The van der Waals surface area contributed by atoms with Crippen molar-refractivity contribution >= 4 is 11.8 Å². The maximum Gasteiger partial charge on any atom is 0.00952 e. The number of thioether (sulfide) groups is 1. The maximum atomic E-state index is 5.48. The molecule has 0 unspecified atom stereocenters. The molecule has 2 heteroatoms. The molecule has 1 fully saturated rings. The topological polar surface area (TPSA) is 26.0 Å². The zero-order valence-electron chi connectivity index (χ0n) is 8.41. The van der Waals surface area contributed by atoms with Crippen LogP contribution in [0.1, 0.15) is 24.8 Å². The van der Waals surface area contributed by atoms with Gasteiger partial charge in [0.25, 0.3) is 0 Å². The van der Waals surface area contributed by atoms with Crippen LogP contribution in [0.25, 0.3) is 0 Å². The van der Waals surface area contributed by atoms with Gasteiger partial charge < -0.3 is 5.73 Å². The lowest BCUT2D eigenvalue weighted by molar-refractivity contribution is 0.832. The van der Waals surface area contributed by atoms with E-state index in [4.69, 9.17) is 5.73 Å². The Morgan fingerprint density at radius 2 is 1.93 bits per heavy atom. The first-order valence-corrected chi connectivity index (χ1v) is 6.22. The average molecular weight is 207 g/mol. The van der Waals surface area contributed by atoms with E-state index in [9.17, 15) is 0 Å². The molecule has 1 aromatic carbocycles. The summed E-state index contributed by atoms with van der Waals surface area (Å²) in [6.07, 6.45) is 5.01. The summed E-state index contributed by atoms with van der Waals surface area (Å²) in [7, 11) is 0. The Kier molecular flexibility index (Phi) is 3.49. The maximum absolute atomic E-state index is 5.48. The summed E-state index contributed by atoms with van der Waals surface area (Å²) in [5, 5.41) is 0.907. The zero-order valence-corrected chi connectivity index (χ0v) is 9.22. The average Bonchev–Trinajstić information content (AvgIpc) is 3.01. The molecule has 1 saturated carbocycles. The minimum absolute atomic E-state index is 0.790. The predicted octanol–water partition coefficient (Wildman–Crippen LogP) is 2.83. The number of hydrogen-bond acceptors (Lipinski definition) is 2. The second-order valence-corrected chi connectivity index (χ2v) is 5.23. The van der Waals surface area contributed by atoms with Crippen molar-refractivity contribution in [2.75, 3.05) is 6.54 Å². The van der Waals surface area contributed by atoms with Crippen LogP contribution in [0.2, 0.25) is 0 Å². The zero-order chi connectivity index (χ0) is 9.80. The Labute approximate surface area is 90.1 Å². The van der Waals surface area contributed by atoms with E-state index in [0.29, 0.717) is 0 Å². The minimum atomic E-state index is 0.790. The van der Waals surface area contributed by atoms with E-state index in [1.807, 2.05) is 11.8 Å². The standard InChI is InChI=1S/C12H17NS/c13-9-1-2-10-3-5-11(6-4-10)14-12-7-8-12/h3-6,12H,1-2,7-9,13H2. The van der Waals surface area contributed by atoms with E-state index < -0.39 is 0 Å². The SMILES string of the molecule is NCCCc1ccc(SC2CC2)cc1. The fourth-order valence-electron chi connectivity index (χ4n) is 1.42. The van der Waals surface area contributed by atoms with Crippen LogP contribution in [0, 0.1) is 0 Å². The Balaban J connectivity index is 1.88. The van der Waals surface area contributed by atoms with Crippen LogP contribution < -0.4 is 5.73 Å². The lowest BCUT2D eigenvalue weighted by atomic mass is 10.1. The summed E-state index contributed by atoms with van der Waals surface area (Å²) in [4.78, 5) is 1.42. The Hall–Kier alpha value is -0.470. The lowest BCUT2D eigenvalue weighted by Gasteiger charge is -2.02. The highest BCUT2D eigenvalue weighted by atomic mass is 32.2. The molecule has 76 valence electrons. The molecule has 1 aliphatic rings. The van der Waals surface area contributed by atoms with Gasteiger partial charge in [0.2, 0.25) is 0 Å². The summed E-state index contributed by atoms with van der Waals surface area (Å²) in [6, 6.07) is 8.96. The number of aryl methyl sites for hydroxylation is 1. The van der Waals surface area contributed by atoms with Crippen molar-refractivity contribution in [3.63, 3.8) is 0 Å². The third-order valence-electron chi connectivity index (χ3n) is 2.42. The van der Waals surface area contributed by atoms with E-state index in [-0.39, 0.29) is 0 Å². The molecule has 0 amide bonds. The van der Waals surface area contributed by atoms with Gasteiger partial charge >= 0.3 is 0 Å². The number of rotatable bonds is 5. The quantitative estimate of drug-likeness (QED) is 0.803. The smallest absolute Gasteiger partial charge is 0.00952 e. The van der Waals surface area contributed by atoms with Gasteiger partial charge in [0, 0.05) is 10.1 Å². The third-order valence-corrected chi connectivity index (χ3v) is 3.77. The van der Waals surface area contributed by atoms with Gasteiger partial charge in [-0.2, -0.15) is 0 Å². The molecule has 0 atom stereocenters. The highest BCUT2D eigenvalue weighted by molar-refractivity contribution is 8.00. The number of benzene rings is 1. The van der Waals surface area contributed by atoms with Crippen LogP contribution >= 0.6 is 11.8 Å². The van der Waals surface area contributed by atoms with Crippen molar-refractivity contribution in [1.29, 1.82) is 0 Å². The first-order valence-electron chi connectivity index (χ1n) is 5.34. The van der Waals surface area contributed by atoms with Gasteiger partial charge in [-0.1, -0.05) is 12.1 Å². The van der Waals surface area contributed by atoms with E-state index in [1.165, 1.54) is 23.3 Å². The molecule has 2 rings (SSSR count). The van der Waals surface area contributed by atoms with Crippen molar-refractivity contribution < 1.29 is 0 Å². The second kappa shape index (κ2) is 4.85. The van der Waals surface area contributed by atoms with Crippen LogP contribution in [-0.2, 0) is 6.42 Å². The second-order valence-electron chi connectivity index (χ2n) is 3.85. The van der Waals surface area contributed by atoms with Gasteiger partial charge in [0.05, 0.1) is 0 Å². The largest absolute Gasteiger partial charge is 0.330 e. The molecular formula is C12H17NS. The summed E-state index contributed by atoms with van der Waals surface area (Å²) in [5.74, 6) is 0.